The molecule has 1 aromatic carbocycles. The second-order valence-corrected chi connectivity index (χ2v) is 6.22. The van der Waals surface area contributed by atoms with E-state index in [0.717, 1.165) is 12.5 Å². The van der Waals surface area contributed by atoms with Crippen molar-refractivity contribution < 1.29 is 23.1 Å². The maximum absolute atomic E-state index is 11.4. The third kappa shape index (κ3) is 3.36. The first-order valence-corrected chi connectivity index (χ1v) is 7.53. The summed E-state index contributed by atoms with van der Waals surface area (Å²) in [4.78, 5) is 10.7. The maximum Gasteiger partial charge on any atom is 0.335 e. The largest absolute Gasteiger partial charge is 0.493 e. The number of hydrogen-bond acceptors (Lipinski definition) is 4. The highest BCUT2D eigenvalue weighted by molar-refractivity contribution is 8.13. The monoisotopic (exact) mass is 292 g/mol. The normalized spacial score (nSPS) is 11.3. The molecule has 0 unspecified atom stereocenters. The second-order valence-electron chi connectivity index (χ2n) is 3.69. The number of benzene rings is 1. The molecule has 0 saturated carbocycles. The predicted octanol–water partition coefficient (Wildman–Crippen LogP) is 2.41. The lowest BCUT2D eigenvalue weighted by molar-refractivity contribution is 0.0696. The van der Waals surface area contributed by atoms with Gasteiger partial charge < -0.3 is 9.84 Å². The van der Waals surface area contributed by atoms with Crippen LogP contribution in [0.5, 0.6) is 5.75 Å². The van der Waals surface area contributed by atoms with Crippen LogP contribution in [0.2, 0.25) is 0 Å². The molecule has 18 heavy (non-hydrogen) atoms. The molecule has 1 N–H and O–H groups in total. The lowest BCUT2D eigenvalue weighted by Gasteiger charge is -2.12. The topological polar surface area (TPSA) is 80.7 Å². The van der Waals surface area contributed by atoms with Crippen molar-refractivity contribution in [2.24, 2.45) is 0 Å². The highest BCUT2D eigenvalue weighted by Crippen LogP contribution is 2.29. The van der Waals surface area contributed by atoms with Gasteiger partial charge in [0.1, 0.15) is 5.75 Å². The Morgan fingerprint density at radius 2 is 2.06 bits per heavy atom. The number of halogens is 1. The molecule has 0 aliphatic heterocycles. The van der Waals surface area contributed by atoms with E-state index in [9.17, 15) is 13.2 Å². The van der Waals surface area contributed by atoms with Crippen LogP contribution >= 0.6 is 10.7 Å². The van der Waals surface area contributed by atoms with Crippen LogP contribution in [-0.2, 0) is 9.05 Å². The summed E-state index contributed by atoms with van der Waals surface area (Å²) in [5.41, 5.74) is 0.134. The number of hydrogen-bond donors (Lipinski definition) is 1. The summed E-state index contributed by atoms with van der Waals surface area (Å²) in [5, 5.41) is 8.92. The first-order valence-electron chi connectivity index (χ1n) is 5.22. The summed E-state index contributed by atoms with van der Waals surface area (Å²) in [5.74, 6) is -1.02. The molecule has 0 aromatic heterocycles. The van der Waals surface area contributed by atoms with Crippen LogP contribution in [0.4, 0.5) is 0 Å². The number of carbonyl (C=O) groups is 1. The van der Waals surface area contributed by atoms with Crippen molar-refractivity contribution >= 4 is 25.7 Å². The van der Waals surface area contributed by atoms with Crippen molar-refractivity contribution in [3.05, 3.63) is 23.3 Å². The van der Waals surface area contributed by atoms with E-state index in [-0.39, 0.29) is 16.2 Å². The Kier molecular flexibility index (Phi) is 4.59. The Hall–Kier alpha value is -1.27. The highest BCUT2D eigenvalue weighted by atomic mass is 35.7. The van der Waals surface area contributed by atoms with Gasteiger partial charge in [-0.15, -0.1) is 0 Å². The molecule has 5 nitrogen and oxygen atoms in total. The molecule has 7 heteroatoms. The summed E-state index contributed by atoms with van der Waals surface area (Å²) in [6.45, 7) is 3.77. The number of ether oxygens (including phenoxy) is 1. The first-order chi connectivity index (χ1) is 8.27. The van der Waals surface area contributed by atoms with Crippen molar-refractivity contribution in [3.63, 3.8) is 0 Å². The minimum absolute atomic E-state index is 0.175. The summed E-state index contributed by atoms with van der Waals surface area (Å²) < 4.78 is 28.1. The number of rotatable bonds is 5. The highest BCUT2D eigenvalue weighted by Gasteiger charge is 2.20. The van der Waals surface area contributed by atoms with E-state index in [2.05, 4.69) is 0 Å². The van der Waals surface area contributed by atoms with Crippen LogP contribution in [0.25, 0.3) is 0 Å². The van der Waals surface area contributed by atoms with E-state index in [1.54, 1.807) is 0 Å². The van der Waals surface area contributed by atoms with E-state index < -0.39 is 15.0 Å². The van der Waals surface area contributed by atoms with Gasteiger partial charge in [-0.25, -0.2) is 13.2 Å². The van der Waals surface area contributed by atoms with Gasteiger partial charge in [-0.1, -0.05) is 6.92 Å². The molecular formula is C11H13ClO5S. The van der Waals surface area contributed by atoms with E-state index in [4.69, 9.17) is 20.5 Å². The molecule has 100 valence electrons. The molecule has 1 aromatic rings. The van der Waals surface area contributed by atoms with Crippen molar-refractivity contribution in [1.29, 1.82) is 0 Å². The Morgan fingerprint density at radius 1 is 1.44 bits per heavy atom. The molecule has 0 heterocycles. The summed E-state index contributed by atoms with van der Waals surface area (Å²) in [6, 6.07) is 2.32. The molecule has 0 spiro atoms. The summed E-state index contributed by atoms with van der Waals surface area (Å²) in [7, 11) is 1.26. The van der Waals surface area contributed by atoms with Gasteiger partial charge in [0.25, 0.3) is 9.05 Å². The third-order valence-corrected chi connectivity index (χ3v) is 3.73. The van der Waals surface area contributed by atoms with Crippen LogP contribution in [0, 0.1) is 6.92 Å². The smallest absolute Gasteiger partial charge is 0.335 e. The van der Waals surface area contributed by atoms with Gasteiger partial charge in [0.05, 0.1) is 17.1 Å². The van der Waals surface area contributed by atoms with E-state index in [0.29, 0.717) is 12.2 Å². The molecule has 0 aliphatic carbocycles. The quantitative estimate of drug-likeness (QED) is 0.843. The second kappa shape index (κ2) is 5.58. The van der Waals surface area contributed by atoms with Crippen LogP contribution in [0.1, 0.15) is 29.3 Å². The molecule has 0 saturated heterocycles. The fourth-order valence-corrected chi connectivity index (χ4v) is 2.62. The van der Waals surface area contributed by atoms with Gasteiger partial charge in [0.15, 0.2) is 0 Å². The predicted molar refractivity (Wildman–Crippen MR) is 67.0 cm³/mol. The standard InChI is InChI=1S/C11H13ClO5S/c1-3-4-17-9-5-8(11(13)14)6-10(7(9)2)18(12,15)16/h5-6H,3-4H2,1-2H3,(H,13,14). The van der Waals surface area contributed by atoms with E-state index >= 15 is 0 Å². The number of aromatic carboxylic acids is 1. The molecule has 0 atom stereocenters. The van der Waals surface area contributed by atoms with Crippen LogP contribution < -0.4 is 4.74 Å². The third-order valence-electron chi connectivity index (χ3n) is 2.28. The molecule has 0 fully saturated rings. The summed E-state index contributed by atoms with van der Waals surface area (Å²) in [6.07, 6.45) is 0.722. The van der Waals surface area contributed by atoms with E-state index in [1.165, 1.54) is 13.0 Å². The molecule has 1 rings (SSSR count). The minimum Gasteiger partial charge on any atom is -0.493 e. The zero-order chi connectivity index (χ0) is 13.9. The van der Waals surface area contributed by atoms with Crippen LogP contribution in [-0.4, -0.2) is 26.1 Å². The lowest BCUT2D eigenvalue weighted by atomic mass is 10.1. The molecular weight excluding hydrogens is 280 g/mol. The van der Waals surface area contributed by atoms with Gasteiger partial charge in [-0.3, -0.25) is 0 Å². The van der Waals surface area contributed by atoms with Crippen LogP contribution in [0.15, 0.2) is 17.0 Å². The first kappa shape index (κ1) is 14.8. The van der Waals surface area contributed by atoms with Crippen molar-refractivity contribution in [1.82, 2.24) is 0 Å². The van der Waals surface area contributed by atoms with Gasteiger partial charge in [0.2, 0.25) is 0 Å². The Labute approximate surface area is 110 Å². The van der Waals surface area contributed by atoms with Crippen LogP contribution in [0.3, 0.4) is 0 Å². The van der Waals surface area contributed by atoms with Crippen molar-refractivity contribution in [2.75, 3.05) is 6.61 Å². The zero-order valence-corrected chi connectivity index (χ0v) is 11.5. The van der Waals surface area contributed by atoms with Crippen molar-refractivity contribution in [2.45, 2.75) is 25.2 Å². The molecule has 0 radical (unpaired) electrons. The number of carboxylic acids is 1. The lowest BCUT2D eigenvalue weighted by Crippen LogP contribution is -2.06. The fourth-order valence-electron chi connectivity index (χ4n) is 1.40. The number of carboxylic acid groups (broad SMARTS) is 1. The Morgan fingerprint density at radius 3 is 2.50 bits per heavy atom. The molecule has 0 aliphatic rings. The van der Waals surface area contributed by atoms with Gasteiger partial charge in [0, 0.05) is 16.2 Å². The average molecular weight is 293 g/mol. The van der Waals surface area contributed by atoms with Gasteiger partial charge >= 0.3 is 5.97 Å². The molecule has 0 bridgehead atoms. The zero-order valence-electron chi connectivity index (χ0n) is 9.94. The fraction of sp³-hybridized carbons (Fsp3) is 0.364. The Balaban J connectivity index is 3.43. The SMILES string of the molecule is CCCOc1cc(C(=O)O)cc(S(=O)(=O)Cl)c1C. The maximum atomic E-state index is 11.4. The summed E-state index contributed by atoms with van der Waals surface area (Å²) >= 11 is 0. The van der Waals surface area contributed by atoms with E-state index in [1.807, 2.05) is 6.92 Å². The van der Waals surface area contributed by atoms with Crippen molar-refractivity contribution in [3.8, 4) is 5.75 Å². The Bertz CT molecular complexity index is 565. The molecule has 0 amide bonds. The average Bonchev–Trinajstić information content (AvgIpc) is 2.25. The minimum atomic E-state index is -4.01. The van der Waals surface area contributed by atoms with Gasteiger partial charge in [-0.2, -0.15) is 0 Å². The van der Waals surface area contributed by atoms with Gasteiger partial charge in [-0.05, 0) is 25.5 Å².